The highest BCUT2D eigenvalue weighted by molar-refractivity contribution is 7.16. The Morgan fingerprint density at radius 2 is 1.93 bits per heavy atom. The first kappa shape index (κ1) is 16.4. The van der Waals surface area contributed by atoms with Gasteiger partial charge in [0.25, 0.3) is 0 Å². The summed E-state index contributed by atoms with van der Waals surface area (Å²) in [7, 11) is 0. The summed E-state index contributed by atoms with van der Waals surface area (Å²) in [6.45, 7) is 0. The van der Waals surface area contributed by atoms with Crippen LogP contribution in [0.3, 0.4) is 0 Å². The molecule has 1 aromatic carbocycles. The SMILES string of the molecule is c1nc2nc(Nc3ccc4ncsc4c3)nc(NC3CCCCCC3)c2[nH]1. The van der Waals surface area contributed by atoms with Crippen LogP contribution in [-0.2, 0) is 0 Å². The molecule has 27 heavy (non-hydrogen) atoms. The van der Waals surface area contributed by atoms with Gasteiger partial charge in [-0.3, -0.25) is 0 Å². The lowest BCUT2D eigenvalue weighted by molar-refractivity contribution is 0.618. The first-order chi connectivity index (χ1) is 13.3. The fourth-order valence-electron chi connectivity index (χ4n) is 3.67. The Kier molecular flexibility index (Phi) is 4.33. The van der Waals surface area contributed by atoms with E-state index >= 15 is 0 Å². The van der Waals surface area contributed by atoms with Crippen molar-refractivity contribution in [2.24, 2.45) is 0 Å². The summed E-state index contributed by atoms with van der Waals surface area (Å²) in [5.41, 5.74) is 5.34. The van der Waals surface area contributed by atoms with E-state index in [1.54, 1.807) is 17.7 Å². The zero-order valence-electron chi connectivity index (χ0n) is 14.9. The summed E-state index contributed by atoms with van der Waals surface area (Å²) in [6, 6.07) is 6.53. The smallest absolute Gasteiger partial charge is 0.231 e. The van der Waals surface area contributed by atoms with Gasteiger partial charge in [0.15, 0.2) is 11.5 Å². The summed E-state index contributed by atoms with van der Waals surface area (Å²) in [6.07, 6.45) is 9.24. The van der Waals surface area contributed by atoms with E-state index in [4.69, 9.17) is 4.98 Å². The van der Waals surface area contributed by atoms with Crippen LogP contribution < -0.4 is 10.6 Å². The van der Waals surface area contributed by atoms with Gasteiger partial charge in [-0.05, 0) is 31.0 Å². The number of fused-ring (bicyclic) bond motifs is 2. The van der Waals surface area contributed by atoms with Crippen LogP contribution >= 0.6 is 11.3 Å². The monoisotopic (exact) mass is 379 g/mol. The number of rotatable bonds is 4. The molecule has 0 saturated heterocycles. The molecular weight excluding hydrogens is 358 g/mol. The van der Waals surface area contributed by atoms with Gasteiger partial charge in [0.2, 0.25) is 5.95 Å². The van der Waals surface area contributed by atoms with Crippen molar-refractivity contribution in [3.05, 3.63) is 30.0 Å². The van der Waals surface area contributed by atoms with E-state index in [1.165, 1.54) is 38.5 Å². The van der Waals surface area contributed by atoms with E-state index in [-0.39, 0.29) is 0 Å². The molecule has 0 spiro atoms. The molecule has 0 aliphatic heterocycles. The van der Waals surface area contributed by atoms with Gasteiger partial charge in [-0.2, -0.15) is 9.97 Å². The average molecular weight is 379 g/mol. The number of hydrogen-bond donors (Lipinski definition) is 3. The molecule has 0 unspecified atom stereocenters. The minimum Gasteiger partial charge on any atom is -0.365 e. The third-order valence-electron chi connectivity index (χ3n) is 5.07. The van der Waals surface area contributed by atoms with Gasteiger partial charge in [0.05, 0.1) is 22.1 Å². The molecule has 0 radical (unpaired) electrons. The molecule has 0 atom stereocenters. The Balaban J connectivity index is 1.45. The fraction of sp³-hybridized carbons (Fsp3) is 0.368. The number of aromatic amines is 1. The fourth-order valence-corrected chi connectivity index (χ4v) is 4.39. The van der Waals surface area contributed by atoms with Gasteiger partial charge in [-0.25, -0.2) is 9.97 Å². The second-order valence-corrected chi connectivity index (χ2v) is 7.88. The first-order valence-electron chi connectivity index (χ1n) is 9.43. The maximum Gasteiger partial charge on any atom is 0.231 e. The van der Waals surface area contributed by atoms with Crippen LogP contribution in [0.15, 0.2) is 30.0 Å². The Morgan fingerprint density at radius 3 is 2.81 bits per heavy atom. The van der Waals surface area contributed by atoms with E-state index in [9.17, 15) is 0 Å². The van der Waals surface area contributed by atoms with Gasteiger partial charge in [0.1, 0.15) is 5.52 Å². The van der Waals surface area contributed by atoms with Crippen molar-refractivity contribution >= 4 is 50.2 Å². The third kappa shape index (κ3) is 3.44. The minimum absolute atomic E-state index is 0.454. The van der Waals surface area contributed by atoms with Crippen molar-refractivity contribution in [3.63, 3.8) is 0 Å². The van der Waals surface area contributed by atoms with Crippen LogP contribution in [0.4, 0.5) is 17.5 Å². The van der Waals surface area contributed by atoms with Crippen LogP contribution in [0.25, 0.3) is 21.4 Å². The molecule has 0 amide bonds. The number of nitrogens with one attached hydrogen (secondary N) is 3. The van der Waals surface area contributed by atoms with E-state index in [1.807, 2.05) is 17.6 Å². The van der Waals surface area contributed by atoms with Crippen molar-refractivity contribution in [1.82, 2.24) is 24.9 Å². The van der Waals surface area contributed by atoms with Crippen LogP contribution in [-0.4, -0.2) is 31.0 Å². The third-order valence-corrected chi connectivity index (χ3v) is 5.86. The summed E-state index contributed by atoms with van der Waals surface area (Å²) >= 11 is 1.62. The molecule has 3 heterocycles. The van der Waals surface area contributed by atoms with Crippen molar-refractivity contribution < 1.29 is 0 Å². The summed E-state index contributed by atoms with van der Waals surface area (Å²) < 4.78 is 1.14. The normalized spacial score (nSPS) is 15.9. The van der Waals surface area contributed by atoms with Gasteiger partial charge >= 0.3 is 0 Å². The van der Waals surface area contributed by atoms with Gasteiger partial charge in [-0.15, -0.1) is 11.3 Å². The summed E-state index contributed by atoms with van der Waals surface area (Å²) in [4.78, 5) is 21.1. The van der Waals surface area contributed by atoms with E-state index < -0.39 is 0 Å². The Hall–Kier alpha value is -2.74. The molecular formula is C19H21N7S. The molecule has 1 aliphatic rings. The highest BCUT2D eigenvalue weighted by Gasteiger charge is 2.16. The largest absolute Gasteiger partial charge is 0.365 e. The minimum atomic E-state index is 0.454. The second kappa shape index (κ2) is 7.11. The van der Waals surface area contributed by atoms with Gasteiger partial charge in [-0.1, -0.05) is 25.7 Å². The lowest BCUT2D eigenvalue weighted by atomic mass is 10.1. The van der Waals surface area contributed by atoms with Gasteiger partial charge in [0, 0.05) is 11.7 Å². The first-order valence-corrected chi connectivity index (χ1v) is 10.3. The molecule has 138 valence electrons. The molecule has 3 N–H and O–H groups in total. The molecule has 7 nitrogen and oxygen atoms in total. The zero-order chi connectivity index (χ0) is 18.1. The Bertz CT molecular complexity index is 1060. The molecule has 1 saturated carbocycles. The van der Waals surface area contributed by atoms with Crippen molar-refractivity contribution in [2.45, 2.75) is 44.6 Å². The lowest BCUT2D eigenvalue weighted by Gasteiger charge is -2.17. The highest BCUT2D eigenvalue weighted by atomic mass is 32.1. The number of thiazole rings is 1. The quantitative estimate of drug-likeness (QED) is 0.439. The molecule has 1 fully saturated rings. The molecule has 8 heteroatoms. The predicted octanol–water partition coefficient (Wildman–Crippen LogP) is 4.84. The summed E-state index contributed by atoms with van der Waals surface area (Å²) in [5.74, 6) is 1.38. The highest BCUT2D eigenvalue weighted by Crippen LogP contribution is 2.27. The van der Waals surface area contributed by atoms with E-state index in [0.29, 0.717) is 17.6 Å². The van der Waals surface area contributed by atoms with Crippen molar-refractivity contribution in [1.29, 1.82) is 0 Å². The van der Waals surface area contributed by atoms with Gasteiger partial charge < -0.3 is 15.6 Å². The Morgan fingerprint density at radius 1 is 1.04 bits per heavy atom. The number of benzene rings is 1. The topological polar surface area (TPSA) is 91.4 Å². The number of hydrogen-bond acceptors (Lipinski definition) is 7. The maximum absolute atomic E-state index is 4.74. The van der Waals surface area contributed by atoms with E-state index in [2.05, 4.69) is 36.6 Å². The standard InChI is InChI=1S/C19H21N7S/c1-2-4-6-12(5-3-1)23-18-16-17(21-10-20-16)25-19(26-18)24-13-7-8-14-15(9-13)27-11-22-14/h7-12H,1-6H2,(H3,20,21,23,24,25,26). The number of nitrogens with zero attached hydrogens (tertiary/aromatic N) is 4. The maximum atomic E-state index is 4.74. The molecule has 3 aromatic heterocycles. The van der Waals surface area contributed by atoms with Crippen LogP contribution in [0.5, 0.6) is 0 Å². The average Bonchev–Trinajstić information content (AvgIpc) is 3.26. The van der Waals surface area contributed by atoms with Crippen molar-refractivity contribution in [2.75, 3.05) is 10.6 Å². The second-order valence-electron chi connectivity index (χ2n) is 6.99. The van der Waals surface area contributed by atoms with Crippen LogP contribution in [0.2, 0.25) is 0 Å². The number of aromatic nitrogens is 5. The number of anilines is 3. The predicted molar refractivity (Wildman–Crippen MR) is 110 cm³/mol. The Labute approximate surface area is 160 Å². The molecule has 1 aliphatic carbocycles. The number of imidazole rings is 1. The van der Waals surface area contributed by atoms with Crippen LogP contribution in [0, 0.1) is 0 Å². The van der Waals surface area contributed by atoms with Crippen LogP contribution in [0.1, 0.15) is 38.5 Å². The molecule has 4 aromatic rings. The summed E-state index contributed by atoms with van der Waals surface area (Å²) in [5, 5.41) is 6.95. The lowest BCUT2D eigenvalue weighted by Crippen LogP contribution is -2.19. The van der Waals surface area contributed by atoms with Crippen molar-refractivity contribution in [3.8, 4) is 0 Å². The van der Waals surface area contributed by atoms with E-state index in [0.717, 1.165) is 27.2 Å². The molecule has 0 bridgehead atoms. The number of H-pyrrole nitrogens is 1. The zero-order valence-corrected chi connectivity index (χ0v) is 15.7. The molecule has 5 rings (SSSR count).